The van der Waals surface area contributed by atoms with Crippen molar-refractivity contribution in [3.8, 4) is 0 Å². The molecule has 1 aliphatic rings. The van der Waals surface area contributed by atoms with Gasteiger partial charge in [-0.3, -0.25) is 4.79 Å². The lowest BCUT2D eigenvalue weighted by Crippen LogP contribution is -2.47. The fourth-order valence-electron chi connectivity index (χ4n) is 1.75. The normalized spacial score (nSPS) is 22.9. The highest BCUT2D eigenvalue weighted by Crippen LogP contribution is 2.23. The first-order valence-electron chi connectivity index (χ1n) is 5.36. The highest BCUT2D eigenvalue weighted by atomic mass is 35.5. The molecule has 1 amide bonds. The average molecular weight is 256 g/mol. The van der Waals surface area contributed by atoms with Crippen LogP contribution >= 0.6 is 11.6 Å². The molecule has 0 saturated heterocycles. The van der Waals surface area contributed by atoms with Crippen LogP contribution in [-0.2, 0) is 4.74 Å². The Hall–Kier alpha value is -1.33. The van der Waals surface area contributed by atoms with Crippen molar-refractivity contribution in [1.29, 1.82) is 0 Å². The zero-order valence-electron chi connectivity index (χ0n) is 9.44. The summed E-state index contributed by atoms with van der Waals surface area (Å²) in [6.07, 6.45) is 1.88. The molecule has 0 radical (unpaired) electrons. The van der Waals surface area contributed by atoms with Gasteiger partial charge in [-0.1, -0.05) is 11.6 Å². The number of amides is 1. The number of methoxy groups -OCH3 is 1. The molecule has 0 unspecified atom stereocenters. The summed E-state index contributed by atoms with van der Waals surface area (Å²) in [5.41, 5.74) is 5.69. The van der Waals surface area contributed by atoms with Crippen LogP contribution in [-0.4, -0.2) is 30.1 Å². The van der Waals surface area contributed by atoms with Crippen LogP contribution in [0, 0.1) is 0 Å². The van der Waals surface area contributed by atoms with E-state index in [1.54, 1.807) is 19.2 Å². The molecule has 0 aromatic carbocycles. The summed E-state index contributed by atoms with van der Waals surface area (Å²) in [5.74, 6) is -0.00946. The molecule has 92 valence electrons. The van der Waals surface area contributed by atoms with Gasteiger partial charge in [0.15, 0.2) is 0 Å². The van der Waals surface area contributed by atoms with Crippen LogP contribution in [0.4, 0.5) is 5.82 Å². The minimum atomic E-state index is -0.290. The maximum absolute atomic E-state index is 11.9. The van der Waals surface area contributed by atoms with Gasteiger partial charge in [-0.25, -0.2) is 4.98 Å². The molecular formula is C11H14ClN3O2. The van der Waals surface area contributed by atoms with Crippen molar-refractivity contribution >= 4 is 23.3 Å². The molecule has 3 N–H and O–H groups in total. The SMILES string of the molecule is COC1CC(NC(=O)c2nc(N)ccc2Cl)C1. The molecule has 0 bridgehead atoms. The molecule has 0 aliphatic heterocycles. The molecule has 2 rings (SSSR count). The lowest BCUT2D eigenvalue weighted by atomic mass is 9.89. The van der Waals surface area contributed by atoms with Gasteiger partial charge in [-0.2, -0.15) is 0 Å². The maximum Gasteiger partial charge on any atom is 0.271 e. The van der Waals surface area contributed by atoms with Gasteiger partial charge < -0.3 is 15.8 Å². The summed E-state index contributed by atoms with van der Waals surface area (Å²) >= 11 is 5.89. The Morgan fingerprint density at radius 1 is 1.59 bits per heavy atom. The van der Waals surface area contributed by atoms with Crippen molar-refractivity contribution < 1.29 is 9.53 Å². The molecule has 1 heterocycles. The van der Waals surface area contributed by atoms with Crippen molar-refractivity contribution in [1.82, 2.24) is 10.3 Å². The lowest BCUT2D eigenvalue weighted by molar-refractivity contribution is 0.0175. The van der Waals surface area contributed by atoms with E-state index in [1.165, 1.54) is 0 Å². The van der Waals surface area contributed by atoms with Gasteiger partial charge in [-0.05, 0) is 25.0 Å². The molecule has 1 fully saturated rings. The second-order valence-electron chi connectivity index (χ2n) is 4.07. The number of hydrogen-bond donors (Lipinski definition) is 2. The second-order valence-corrected chi connectivity index (χ2v) is 4.47. The molecule has 1 saturated carbocycles. The van der Waals surface area contributed by atoms with Gasteiger partial charge in [0.25, 0.3) is 5.91 Å². The number of aromatic nitrogens is 1. The number of carbonyl (C=O) groups is 1. The molecule has 5 nitrogen and oxygen atoms in total. The van der Waals surface area contributed by atoms with E-state index in [9.17, 15) is 4.79 Å². The minimum absolute atomic E-state index is 0.131. The Balaban J connectivity index is 1.98. The number of rotatable bonds is 3. The highest BCUT2D eigenvalue weighted by molar-refractivity contribution is 6.33. The van der Waals surface area contributed by atoms with Crippen LogP contribution in [0.15, 0.2) is 12.1 Å². The number of halogens is 1. The molecule has 17 heavy (non-hydrogen) atoms. The third-order valence-corrected chi connectivity index (χ3v) is 3.15. The summed E-state index contributed by atoms with van der Waals surface area (Å²) in [7, 11) is 1.67. The quantitative estimate of drug-likeness (QED) is 0.852. The average Bonchev–Trinajstić information content (AvgIpc) is 2.25. The zero-order valence-corrected chi connectivity index (χ0v) is 10.2. The Morgan fingerprint density at radius 2 is 2.29 bits per heavy atom. The lowest BCUT2D eigenvalue weighted by Gasteiger charge is -2.34. The first kappa shape index (κ1) is 12.1. The topological polar surface area (TPSA) is 77.2 Å². The molecule has 0 atom stereocenters. The zero-order chi connectivity index (χ0) is 12.4. The predicted octanol–water partition coefficient (Wildman–Crippen LogP) is 1.22. The highest BCUT2D eigenvalue weighted by Gasteiger charge is 2.31. The standard InChI is InChI=1S/C11H14ClN3O2/c1-17-7-4-6(5-7)14-11(16)10-8(12)2-3-9(13)15-10/h2-3,6-7H,4-5H2,1H3,(H2,13,15)(H,14,16). The van der Waals surface area contributed by atoms with Crippen LogP contribution in [0.2, 0.25) is 5.02 Å². The predicted molar refractivity (Wildman–Crippen MR) is 64.9 cm³/mol. The number of nitrogens with two attached hydrogens (primary N) is 1. The summed E-state index contributed by atoms with van der Waals surface area (Å²) < 4.78 is 5.13. The second kappa shape index (κ2) is 4.89. The van der Waals surface area contributed by atoms with E-state index < -0.39 is 0 Å². The van der Waals surface area contributed by atoms with E-state index in [1.807, 2.05) is 0 Å². The third kappa shape index (κ3) is 2.68. The maximum atomic E-state index is 11.9. The first-order valence-corrected chi connectivity index (χ1v) is 5.73. The largest absolute Gasteiger partial charge is 0.384 e. The summed E-state index contributed by atoms with van der Waals surface area (Å²) in [6.45, 7) is 0. The van der Waals surface area contributed by atoms with Gasteiger partial charge in [0, 0.05) is 13.2 Å². The Kier molecular flexibility index (Phi) is 3.49. The van der Waals surface area contributed by atoms with Gasteiger partial charge in [0.05, 0.1) is 11.1 Å². The molecule has 6 heteroatoms. The molecule has 0 spiro atoms. The van der Waals surface area contributed by atoms with Crippen molar-refractivity contribution in [2.75, 3.05) is 12.8 Å². The number of anilines is 1. The number of nitrogens with one attached hydrogen (secondary N) is 1. The van der Waals surface area contributed by atoms with Crippen LogP contribution < -0.4 is 11.1 Å². The monoisotopic (exact) mass is 255 g/mol. The minimum Gasteiger partial charge on any atom is -0.384 e. The molecule has 1 aliphatic carbocycles. The summed E-state index contributed by atoms with van der Waals surface area (Å²) in [5, 5.41) is 3.15. The smallest absolute Gasteiger partial charge is 0.271 e. The van der Waals surface area contributed by atoms with Crippen molar-refractivity contribution in [3.63, 3.8) is 0 Å². The van der Waals surface area contributed by atoms with E-state index in [-0.39, 0.29) is 29.6 Å². The van der Waals surface area contributed by atoms with Crippen LogP contribution in [0.3, 0.4) is 0 Å². The molecule has 1 aromatic heterocycles. The van der Waals surface area contributed by atoms with E-state index in [4.69, 9.17) is 22.1 Å². The van der Waals surface area contributed by atoms with Crippen molar-refractivity contribution in [3.05, 3.63) is 22.8 Å². The molecular weight excluding hydrogens is 242 g/mol. The van der Waals surface area contributed by atoms with E-state index in [0.717, 1.165) is 12.8 Å². The van der Waals surface area contributed by atoms with Crippen LogP contribution in [0.1, 0.15) is 23.3 Å². The number of pyridine rings is 1. The van der Waals surface area contributed by atoms with Gasteiger partial charge >= 0.3 is 0 Å². The van der Waals surface area contributed by atoms with Gasteiger partial charge in [0.2, 0.25) is 0 Å². The Bertz CT molecular complexity index is 433. The van der Waals surface area contributed by atoms with Crippen molar-refractivity contribution in [2.45, 2.75) is 25.0 Å². The fourth-order valence-corrected chi connectivity index (χ4v) is 1.94. The number of carbonyl (C=O) groups excluding carboxylic acids is 1. The van der Waals surface area contributed by atoms with Crippen LogP contribution in [0.5, 0.6) is 0 Å². The van der Waals surface area contributed by atoms with E-state index in [0.29, 0.717) is 5.02 Å². The summed E-state index contributed by atoms with van der Waals surface area (Å²) in [6, 6.07) is 3.26. The van der Waals surface area contributed by atoms with Gasteiger partial charge in [-0.15, -0.1) is 0 Å². The third-order valence-electron chi connectivity index (χ3n) is 2.85. The Morgan fingerprint density at radius 3 is 2.94 bits per heavy atom. The summed E-state index contributed by atoms with van der Waals surface area (Å²) in [4.78, 5) is 15.8. The van der Waals surface area contributed by atoms with Gasteiger partial charge in [0.1, 0.15) is 11.5 Å². The number of hydrogen-bond acceptors (Lipinski definition) is 4. The van der Waals surface area contributed by atoms with Crippen LogP contribution in [0.25, 0.3) is 0 Å². The number of nitrogens with zero attached hydrogens (tertiary/aromatic N) is 1. The number of nitrogen functional groups attached to an aromatic ring is 1. The van der Waals surface area contributed by atoms with E-state index >= 15 is 0 Å². The number of ether oxygens (including phenoxy) is 1. The first-order chi connectivity index (χ1) is 8.10. The van der Waals surface area contributed by atoms with E-state index in [2.05, 4.69) is 10.3 Å². The molecule has 1 aromatic rings. The fraction of sp³-hybridized carbons (Fsp3) is 0.455. The van der Waals surface area contributed by atoms with Crippen molar-refractivity contribution in [2.24, 2.45) is 0 Å². The Labute approximate surface area is 104 Å².